The third kappa shape index (κ3) is 4.66. The molecule has 0 spiro atoms. The highest BCUT2D eigenvalue weighted by atomic mass is 35.5. The van der Waals surface area contributed by atoms with Crippen LogP contribution in [0.25, 0.3) is 15.7 Å². The fraction of sp³-hybridized carbons (Fsp3) is 0.138. The number of nitrogens with one attached hydrogen (secondary N) is 1. The molecule has 1 unspecified atom stereocenters. The molecule has 166 valence electrons. The van der Waals surface area contributed by atoms with Crippen LogP contribution < -0.4 is 5.32 Å². The van der Waals surface area contributed by atoms with Crippen molar-refractivity contribution in [2.24, 2.45) is 4.99 Å². The van der Waals surface area contributed by atoms with Gasteiger partial charge in [-0.25, -0.2) is 0 Å². The molecule has 3 aromatic carbocycles. The molecule has 1 atom stereocenters. The van der Waals surface area contributed by atoms with E-state index in [2.05, 4.69) is 73.4 Å². The molecule has 0 saturated carbocycles. The predicted molar refractivity (Wildman–Crippen MR) is 147 cm³/mol. The van der Waals surface area contributed by atoms with Gasteiger partial charge in [0.15, 0.2) is 0 Å². The number of rotatable bonds is 4. The standard InChI is InChI=1S/C27H21ClN2S.C2H6/c1-3-9-17(2)19-14-20(16-21(28)15-19)27-29-24(18-10-5-4-6-11-18)26-25(30-27)22-12-7-8-13-23(22)31-26;1-2/h3-16,27,30H,1H2,2H3;1-2H3/b17-9+;. The Morgan fingerprint density at radius 2 is 1.76 bits per heavy atom. The summed E-state index contributed by atoms with van der Waals surface area (Å²) in [6.07, 6.45) is 3.56. The molecule has 4 heteroatoms. The van der Waals surface area contributed by atoms with Crippen molar-refractivity contribution in [2.75, 3.05) is 5.32 Å². The zero-order chi connectivity index (χ0) is 23.4. The molecule has 0 radical (unpaired) electrons. The summed E-state index contributed by atoms with van der Waals surface area (Å²) in [5.41, 5.74) is 6.49. The van der Waals surface area contributed by atoms with Gasteiger partial charge in [0.1, 0.15) is 6.17 Å². The van der Waals surface area contributed by atoms with Gasteiger partial charge in [0.05, 0.1) is 16.3 Å². The summed E-state index contributed by atoms with van der Waals surface area (Å²) in [5.74, 6) is 0. The van der Waals surface area contributed by atoms with Crippen LogP contribution in [0.5, 0.6) is 0 Å². The molecular formula is C29H27ClN2S. The molecule has 2 heterocycles. The first kappa shape index (κ1) is 23.0. The van der Waals surface area contributed by atoms with Crippen LogP contribution in [0.4, 0.5) is 5.69 Å². The SMILES string of the molecule is C=C/C=C(\C)c1cc(Cl)cc(C2N=C(c3ccccc3)c3sc4ccccc4c3N2)c1.CC. The minimum atomic E-state index is -0.227. The minimum Gasteiger partial charge on any atom is -0.358 e. The predicted octanol–water partition coefficient (Wildman–Crippen LogP) is 9.13. The van der Waals surface area contributed by atoms with E-state index in [0.29, 0.717) is 5.02 Å². The van der Waals surface area contributed by atoms with Crippen LogP contribution >= 0.6 is 22.9 Å². The zero-order valence-corrected chi connectivity index (χ0v) is 20.7. The molecule has 1 aliphatic heterocycles. The lowest BCUT2D eigenvalue weighted by Gasteiger charge is -2.25. The molecule has 0 saturated heterocycles. The minimum absolute atomic E-state index is 0.227. The van der Waals surface area contributed by atoms with Crippen LogP contribution in [-0.2, 0) is 0 Å². The molecule has 0 amide bonds. The lowest BCUT2D eigenvalue weighted by atomic mass is 10.00. The molecule has 0 fully saturated rings. The van der Waals surface area contributed by atoms with Crippen molar-refractivity contribution in [3.8, 4) is 0 Å². The van der Waals surface area contributed by atoms with Gasteiger partial charge in [-0.3, -0.25) is 4.99 Å². The second-order valence-electron chi connectivity index (χ2n) is 7.55. The Labute approximate surface area is 205 Å². The van der Waals surface area contributed by atoms with Crippen LogP contribution in [-0.4, -0.2) is 5.71 Å². The highest BCUT2D eigenvalue weighted by molar-refractivity contribution is 7.22. The van der Waals surface area contributed by atoms with E-state index in [1.165, 1.54) is 15.0 Å². The molecule has 1 aromatic heterocycles. The number of benzene rings is 3. The van der Waals surface area contributed by atoms with Gasteiger partial charge in [-0.05, 0) is 47.9 Å². The fourth-order valence-electron chi connectivity index (χ4n) is 3.94. The van der Waals surface area contributed by atoms with Crippen LogP contribution in [0.2, 0.25) is 5.02 Å². The fourth-order valence-corrected chi connectivity index (χ4v) is 5.37. The first-order valence-corrected chi connectivity index (χ1v) is 12.4. The zero-order valence-electron chi connectivity index (χ0n) is 19.1. The van der Waals surface area contributed by atoms with Gasteiger partial charge in [0.25, 0.3) is 0 Å². The molecule has 2 nitrogen and oxygen atoms in total. The highest BCUT2D eigenvalue weighted by Crippen LogP contribution is 2.43. The van der Waals surface area contributed by atoms with E-state index in [4.69, 9.17) is 16.6 Å². The van der Waals surface area contributed by atoms with Crippen molar-refractivity contribution < 1.29 is 0 Å². The van der Waals surface area contributed by atoms with E-state index in [9.17, 15) is 0 Å². The number of nitrogens with zero attached hydrogens (tertiary/aromatic N) is 1. The van der Waals surface area contributed by atoms with E-state index in [0.717, 1.165) is 33.7 Å². The van der Waals surface area contributed by atoms with E-state index < -0.39 is 0 Å². The Hall–Kier alpha value is -3.14. The maximum absolute atomic E-state index is 6.51. The normalized spacial score (nSPS) is 15.1. The number of thiophene rings is 1. The summed E-state index contributed by atoms with van der Waals surface area (Å²) in [6, 6.07) is 25.0. The molecule has 1 aliphatic rings. The summed E-state index contributed by atoms with van der Waals surface area (Å²) >= 11 is 8.29. The summed E-state index contributed by atoms with van der Waals surface area (Å²) in [4.78, 5) is 6.34. The Kier molecular flexibility index (Phi) is 7.12. The Morgan fingerprint density at radius 3 is 2.52 bits per heavy atom. The van der Waals surface area contributed by atoms with Gasteiger partial charge < -0.3 is 5.32 Å². The number of allylic oxidation sites excluding steroid dienone is 3. The number of halogens is 1. The molecule has 0 aliphatic carbocycles. The van der Waals surface area contributed by atoms with Gasteiger partial charge in [-0.2, -0.15) is 0 Å². The van der Waals surface area contributed by atoms with Gasteiger partial charge in [0, 0.05) is 20.7 Å². The Bertz CT molecular complexity index is 1350. The van der Waals surface area contributed by atoms with Crippen LogP contribution in [0, 0.1) is 0 Å². The van der Waals surface area contributed by atoms with E-state index >= 15 is 0 Å². The maximum Gasteiger partial charge on any atom is 0.145 e. The van der Waals surface area contributed by atoms with Crippen molar-refractivity contribution in [2.45, 2.75) is 26.9 Å². The van der Waals surface area contributed by atoms with Crippen molar-refractivity contribution in [3.05, 3.63) is 118 Å². The van der Waals surface area contributed by atoms with Crippen LogP contribution in [0.15, 0.2) is 96.5 Å². The quantitative estimate of drug-likeness (QED) is 0.295. The number of anilines is 1. The molecule has 1 N–H and O–H groups in total. The summed E-state index contributed by atoms with van der Waals surface area (Å²) in [6.45, 7) is 9.87. The largest absolute Gasteiger partial charge is 0.358 e. The lowest BCUT2D eigenvalue weighted by Crippen LogP contribution is -2.19. The molecule has 33 heavy (non-hydrogen) atoms. The summed E-state index contributed by atoms with van der Waals surface area (Å²) in [5, 5.41) is 5.61. The number of fused-ring (bicyclic) bond motifs is 3. The monoisotopic (exact) mass is 470 g/mol. The molecule has 4 aromatic rings. The Morgan fingerprint density at radius 1 is 1.03 bits per heavy atom. The Balaban J connectivity index is 0.00000126. The van der Waals surface area contributed by atoms with Gasteiger partial charge in [0.2, 0.25) is 0 Å². The number of hydrogen-bond donors (Lipinski definition) is 1. The van der Waals surface area contributed by atoms with Gasteiger partial charge in [-0.1, -0.05) is 92.7 Å². The van der Waals surface area contributed by atoms with Crippen LogP contribution in [0.1, 0.15) is 48.5 Å². The highest BCUT2D eigenvalue weighted by Gasteiger charge is 2.27. The van der Waals surface area contributed by atoms with Crippen molar-refractivity contribution >= 4 is 50.0 Å². The van der Waals surface area contributed by atoms with Crippen molar-refractivity contribution in [3.63, 3.8) is 0 Å². The van der Waals surface area contributed by atoms with Gasteiger partial charge in [-0.15, -0.1) is 11.3 Å². The molecular weight excluding hydrogens is 444 g/mol. The second kappa shape index (κ2) is 10.2. The van der Waals surface area contributed by atoms with E-state index in [1.54, 1.807) is 17.4 Å². The van der Waals surface area contributed by atoms with E-state index in [-0.39, 0.29) is 6.17 Å². The van der Waals surface area contributed by atoms with Crippen LogP contribution in [0.3, 0.4) is 0 Å². The lowest BCUT2D eigenvalue weighted by molar-refractivity contribution is 0.832. The maximum atomic E-state index is 6.51. The summed E-state index contributed by atoms with van der Waals surface area (Å²) in [7, 11) is 0. The third-order valence-corrected chi connectivity index (χ3v) is 6.85. The number of hydrogen-bond acceptors (Lipinski definition) is 3. The first-order chi connectivity index (χ1) is 16.1. The first-order valence-electron chi connectivity index (χ1n) is 11.2. The van der Waals surface area contributed by atoms with Crippen molar-refractivity contribution in [1.82, 2.24) is 0 Å². The summed E-state index contributed by atoms with van der Waals surface area (Å²) < 4.78 is 1.25. The van der Waals surface area contributed by atoms with Gasteiger partial charge >= 0.3 is 0 Å². The number of aliphatic imine (C=N–C) groups is 1. The van der Waals surface area contributed by atoms with E-state index in [1.807, 2.05) is 38.1 Å². The topological polar surface area (TPSA) is 24.4 Å². The average Bonchev–Trinajstić information content (AvgIpc) is 3.24. The smallest absolute Gasteiger partial charge is 0.145 e. The van der Waals surface area contributed by atoms with Crippen molar-refractivity contribution in [1.29, 1.82) is 0 Å². The second-order valence-corrected chi connectivity index (χ2v) is 9.04. The average molecular weight is 471 g/mol. The third-order valence-electron chi connectivity index (χ3n) is 5.46. The molecule has 0 bridgehead atoms. The molecule has 5 rings (SSSR count).